The highest BCUT2D eigenvalue weighted by molar-refractivity contribution is 5.48. The van der Waals surface area contributed by atoms with Crippen LogP contribution in [0.2, 0.25) is 0 Å². The highest BCUT2D eigenvalue weighted by Crippen LogP contribution is 2.28. The Morgan fingerprint density at radius 2 is 1.81 bits per heavy atom. The highest BCUT2D eigenvalue weighted by atomic mass is 16.5. The van der Waals surface area contributed by atoms with Gasteiger partial charge in [-0.25, -0.2) is 0 Å². The molecular formula is C13H21NO2. The van der Waals surface area contributed by atoms with Gasteiger partial charge in [0.25, 0.3) is 0 Å². The summed E-state index contributed by atoms with van der Waals surface area (Å²) in [4.78, 5) is 0. The molecule has 0 unspecified atom stereocenters. The number of rotatable bonds is 5. The molecule has 1 aromatic rings. The third-order valence-electron chi connectivity index (χ3n) is 2.90. The summed E-state index contributed by atoms with van der Waals surface area (Å²) < 4.78 is 10.4. The standard InChI is InChI=1S/C13H21NO2/c1-9-6-12(7-14-8-15-4)10(2)11(3)13(9)16-5/h6,14H,7-8H2,1-5H3. The first-order valence-electron chi connectivity index (χ1n) is 5.45. The minimum absolute atomic E-state index is 0.573. The largest absolute Gasteiger partial charge is 0.496 e. The van der Waals surface area contributed by atoms with Gasteiger partial charge in [-0.05, 0) is 43.0 Å². The van der Waals surface area contributed by atoms with Gasteiger partial charge in [0.05, 0.1) is 13.8 Å². The van der Waals surface area contributed by atoms with Crippen molar-refractivity contribution in [2.75, 3.05) is 21.0 Å². The molecule has 0 fully saturated rings. The predicted octanol–water partition coefficient (Wildman–Crippen LogP) is 2.31. The van der Waals surface area contributed by atoms with Crippen molar-refractivity contribution in [1.29, 1.82) is 0 Å². The SMILES string of the molecule is COCNCc1cc(C)c(OC)c(C)c1C. The minimum atomic E-state index is 0.573. The predicted molar refractivity (Wildman–Crippen MR) is 65.9 cm³/mol. The van der Waals surface area contributed by atoms with Gasteiger partial charge in [0.1, 0.15) is 5.75 Å². The van der Waals surface area contributed by atoms with E-state index in [0.717, 1.165) is 12.3 Å². The Bertz CT molecular complexity index is 361. The van der Waals surface area contributed by atoms with Crippen LogP contribution in [0.3, 0.4) is 0 Å². The molecule has 0 bridgehead atoms. The smallest absolute Gasteiger partial charge is 0.124 e. The van der Waals surface area contributed by atoms with Crippen LogP contribution in [0.25, 0.3) is 0 Å². The van der Waals surface area contributed by atoms with Crippen LogP contribution >= 0.6 is 0 Å². The van der Waals surface area contributed by atoms with E-state index in [1.165, 1.54) is 22.3 Å². The normalized spacial score (nSPS) is 10.6. The summed E-state index contributed by atoms with van der Waals surface area (Å²) in [5, 5.41) is 3.22. The molecule has 0 heterocycles. The van der Waals surface area contributed by atoms with Crippen LogP contribution in [0, 0.1) is 20.8 Å². The zero-order chi connectivity index (χ0) is 12.1. The van der Waals surface area contributed by atoms with Crippen LogP contribution in [-0.2, 0) is 11.3 Å². The molecule has 0 aromatic heterocycles. The van der Waals surface area contributed by atoms with Crippen molar-refractivity contribution in [2.45, 2.75) is 27.3 Å². The maximum absolute atomic E-state index is 5.39. The van der Waals surface area contributed by atoms with Gasteiger partial charge in [-0.3, -0.25) is 5.32 Å². The fraction of sp³-hybridized carbons (Fsp3) is 0.538. The molecule has 0 spiro atoms. The lowest BCUT2D eigenvalue weighted by atomic mass is 9.98. The summed E-state index contributed by atoms with van der Waals surface area (Å²) in [6.45, 7) is 7.70. The van der Waals surface area contributed by atoms with E-state index in [2.05, 4.69) is 32.2 Å². The van der Waals surface area contributed by atoms with Crippen molar-refractivity contribution in [1.82, 2.24) is 5.32 Å². The fourth-order valence-electron chi connectivity index (χ4n) is 1.93. The number of hydrogen-bond donors (Lipinski definition) is 1. The first-order chi connectivity index (χ1) is 7.61. The average molecular weight is 223 g/mol. The van der Waals surface area contributed by atoms with Crippen molar-refractivity contribution >= 4 is 0 Å². The Hall–Kier alpha value is -1.06. The Kier molecular flexibility index (Phi) is 4.77. The van der Waals surface area contributed by atoms with Crippen LogP contribution in [-0.4, -0.2) is 21.0 Å². The van der Waals surface area contributed by atoms with E-state index in [1.807, 2.05) is 0 Å². The maximum Gasteiger partial charge on any atom is 0.124 e. The van der Waals surface area contributed by atoms with Crippen LogP contribution in [0.15, 0.2) is 6.07 Å². The first-order valence-corrected chi connectivity index (χ1v) is 5.45. The molecule has 0 aliphatic heterocycles. The van der Waals surface area contributed by atoms with Gasteiger partial charge >= 0.3 is 0 Å². The van der Waals surface area contributed by atoms with E-state index in [-0.39, 0.29) is 0 Å². The van der Waals surface area contributed by atoms with Crippen molar-refractivity contribution in [3.8, 4) is 5.75 Å². The van der Waals surface area contributed by atoms with Crippen molar-refractivity contribution < 1.29 is 9.47 Å². The lowest BCUT2D eigenvalue weighted by Crippen LogP contribution is -2.17. The molecule has 1 N–H and O–H groups in total. The van der Waals surface area contributed by atoms with Crippen LogP contribution in [0.5, 0.6) is 5.75 Å². The second-order valence-electron chi connectivity index (χ2n) is 4.00. The van der Waals surface area contributed by atoms with E-state index >= 15 is 0 Å². The zero-order valence-electron chi connectivity index (χ0n) is 10.8. The van der Waals surface area contributed by atoms with Crippen LogP contribution in [0.4, 0.5) is 0 Å². The lowest BCUT2D eigenvalue weighted by Gasteiger charge is -2.16. The van der Waals surface area contributed by atoms with Crippen LogP contribution in [0.1, 0.15) is 22.3 Å². The molecule has 0 aliphatic rings. The van der Waals surface area contributed by atoms with Gasteiger partial charge in [-0.2, -0.15) is 0 Å². The third kappa shape index (κ3) is 2.74. The number of hydrogen-bond acceptors (Lipinski definition) is 3. The molecule has 0 amide bonds. The summed E-state index contributed by atoms with van der Waals surface area (Å²) in [6, 6.07) is 2.17. The fourth-order valence-corrected chi connectivity index (χ4v) is 1.93. The summed E-state index contributed by atoms with van der Waals surface area (Å²) in [7, 11) is 3.40. The number of benzene rings is 1. The highest BCUT2D eigenvalue weighted by Gasteiger charge is 2.09. The first kappa shape index (κ1) is 13.0. The summed E-state index contributed by atoms with van der Waals surface area (Å²) in [5.74, 6) is 0.994. The van der Waals surface area contributed by atoms with E-state index in [9.17, 15) is 0 Å². The number of ether oxygens (including phenoxy) is 2. The number of methoxy groups -OCH3 is 2. The van der Waals surface area contributed by atoms with Crippen molar-refractivity contribution in [2.24, 2.45) is 0 Å². The van der Waals surface area contributed by atoms with Crippen molar-refractivity contribution in [3.63, 3.8) is 0 Å². The Labute approximate surface area is 97.8 Å². The van der Waals surface area contributed by atoms with E-state index in [1.54, 1.807) is 14.2 Å². The quantitative estimate of drug-likeness (QED) is 0.614. The number of nitrogens with one attached hydrogen (secondary N) is 1. The molecule has 0 radical (unpaired) electrons. The zero-order valence-corrected chi connectivity index (χ0v) is 10.8. The summed E-state index contributed by atoms with van der Waals surface area (Å²) in [5.41, 5.74) is 4.98. The second kappa shape index (κ2) is 5.87. The average Bonchev–Trinajstić information content (AvgIpc) is 2.26. The van der Waals surface area contributed by atoms with Gasteiger partial charge in [0.2, 0.25) is 0 Å². The van der Waals surface area contributed by atoms with Crippen LogP contribution < -0.4 is 10.1 Å². The van der Waals surface area contributed by atoms with Gasteiger partial charge in [0, 0.05) is 13.7 Å². The molecule has 0 saturated carbocycles. The van der Waals surface area contributed by atoms with Gasteiger partial charge in [0.15, 0.2) is 0 Å². The Morgan fingerprint density at radius 1 is 1.12 bits per heavy atom. The van der Waals surface area contributed by atoms with E-state index in [0.29, 0.717) is 6.73 Å². The number of aryl methyl sites for hydroxylation is 1. The molecule has 1 rings (SSSR count). The van der Waals surface area contributed by atoms with Crippen molar-refractivity contribution in [3.05, 3.63) is 28.3 Å². The van der Waals surface area contributed by atoms with Gasteiger partial charge in [-0.15, -0.1) is 0 Å². The topological polar surface area (TPSA) is 30.5 Å². The Morgan fingerprint density at radius 3 is 2.38 bits per heavy atom. The summed E-state index contributed by atoms with van der Waals surface area (Å²) >= 11 is 0. The maximum atomic E-state index is 5.39. The van der Waals surface area contributed by atoms with E-state index < -0.39 is 0 Å². The lowest BCUT2D eigenvalue weighted by molar-refractivity contribution is 0.174. The molecule has 16 heavy (non-hydrogen) atoms. The molecule has 3 nitrogen and oxygen atoms in total. The van der Waals surface area contributed by atoms with E-state index in [4.69, 9.17) is 9.47 Å². The minimum Gasteiger partial charge on any atom is -0.496 e. The van der Waals surface area contributed by atoms with Gasteiger partial charge < -0.3 is 9.47 Å². The monoisotopic (exact) mass is 223 g/mol. The van der Waals surface area contributed by atoms with Gasteiger partial charge in [-0.1, -0.05) is 6.07 Å². The third-order valence-corrected chi connectivity index (χ3v) is 2.90. The molecule has 3 heteroatoms. The molecule has 1 aromatic carbocycles. The molecule has 0 saturated heterocycles. The molecular weight excluding hydrogens is 202 g/mol. The molecule has 90 valence electrons. The molecule has 0 aliphatic carbocycles. The Balaban J connectivity index is 2.94. The summed E-state index contributed by atoms with van der Waals surface area (Å²) in [6.07, 6.45) is 0. The molecule has 0 atom stereocenters. The second-order valence-corrected chi connectivity index (χ2v) is 4.00.